The van der Waals surface area contributed by atoms with E-state index < -0.39 is 0 Å². The van der Waals surface area contributed by atoms with Gasteiger partial charge in [-0.2, -0.15) is 0 Å². The van der Waals surface area contributed by atoms with Gasteiger partial charge in [0.2, 0.25) is 0 Å². The first-order chi connectivity index (χ1) is 7.97. The zero-order valence-corrected chi connectivity index (χ0v) is 11.8. The number of aromatic nitrogens is 2. The topological polar surface area (TPSA) is 43.6 Å². The van der Waals surface area contributed by atoms with Crippen LogP contribution in [0.15, 0.2) is 10.7 Å². The Morgan fingerprint density at radius 2 is 2.00 bits per heavy atom. The molecule has 0 atom stereocenters. The third kappa shape index (κ3) is 1.74. The minimum atomic E-state index is -0.370. The molecular weight excluding hydrogens is 284 g/mol. The standard InChI is InChI=1S/C12H13BrN2O2/c1-6-7(2)11-14-8(3)10(12(16)17-4)15(11)5-9(6)13/h5H,1-4H3. The van der Waals surface area contributed by atoms with Crippen LogP contribution >= 0.6 is 15.9 Å². The lowest BCUT2D eigenvalue weighted by atomic mass is 10.2. The van der Waals surface area contributed by atoms with E-state index in [-0.39, 0.29) is 5.97 Å². The Kier molecular flexibility index (Phi) is 2.95. The molecule has 0 aliphatic heterocycles. The molecule has 2 heterocycles. The van der Waals surface area contributed by atoms with Crippen molar-refractivity contribution in [2.75, 3.05) is 7.11 Å². The third-order valence-electron chi connectivity index (χ3n) is 2.96. The summed E-state index contributed by atoms with van der Waals surface area (Å²) < 4.78 is 7.50. The van der Waals surface area contributed by atoms with Crippen LogP contribution in [0.5, 0.6) is 0 Å². The SMILES string of the molecule is COC(=O)c1c(C)nc2c(C)c(C)c(Br)cn12. The van der Waals surface area contributed by atoms with Crippen LogP contribution in [-0.4, -0.2) is 22.5 Å². The third-order valence-corrected chi connectivity index (χ3v) is 3.76. The predicted octanol–water partition coefficient (Wildman–Crippen LogP) is 2.81. The number of aryl methyl sites for hydroxylation is 2. The van der Waals surface area contributed by atoms with Crippen molar-refractivity contribution < 1.29 is 9.53 Å². The molecule has 0 amide bonds. The number of fused-ring (bicyclic) bond motifs is 1. The van der Waals surface area contributed by atoms with Gasteiger partial charge >= 0.3 is 5.97 Å². The van der Waals surface area contributed by atoms with Gasteiger partial charge < -0.3 is 4.74 Å². The second-order valence-corrected chi connectivity index (χ2v) is 4.81. The van der Waals surface area contributed by atoms with E-state index in [2.05, 4.69) is 20.9 Å². The predicted molar refractivity (Wildman–Crippen MR) is 68.4 cm³/mol. The molecule has 0 aliphatic carbocycles. The number of hydrogen-bond donors (Lipinski definition) is 0. The van der Waals surface area contributed by atoms with E-state index in [1.165, 1.54) is 7.11 Å². The lowest BCUT2D eigenvalue weighted by Gasteiger charge is -2.07. The highest BCUT2D eigenvalue weighted by Crippen LogP contribution is 2.25. The van der Waals surface area contributed by atoms with Crippen LogP contribution in [0.25, 0.3) is 5.65 Å². The van der Waals surface area contributed by atoms with Crippen LogP contribution in [0.3, 0.4) is 0 Å². The van der Waals surface area contributed by atoms with Crippen molar-refractivity contribution in [3.8, 4) is 0 Å². The zero-order chi connectivity index (χ0) is 12.7. The van der Waals surface area contributed by atoms with Crippen LogP contribution in [0, 0.1) is 20.8 Å². The molecular formula is C12H13BrN2O2. The van der Waals surface area contributed by atoms with E-state index in [1.807, 2.05) is 27.0 Å². The fourth-order valence-electron chi connectivity index (χ4n) is 1.84. The molecule has 0 saturated carbocycles. The number of imidazole rings is 1. The number of halogens is 1. The van der Waals surface area contributed by atoms with Crippen LogP contribution in [0.4, 0.5) is 0 Å². The van der Waals surface area contributed by atoms with Crippen LogP contribution in [-0.2, 0) is 4.74 Å². The highest BCUT2D eigenvalue weighted by molar-refractivity contribution is 9.10. The van der Waals surface area contributed by atoms with Gasteiger partial charge in [-0.1, -0.05) is 0 Å². The van der Waals surface area contributed by atoms with Gasteiger partial charge in [0.25, 0.3) is 0 Å². The molecule has 5 heteroatoms. The fourth-order valence-corrected chi connectivity index (χ4v) is 2.34. The van der Waals surface area contributed by atoms with Crippen molar-refractivity contribution in [1.82, 2.24) is 9.38 Å². The number of esters is 1. The average Bonchev–Trinajstić information content (AvgIpc) is 2.62. The Balaban J connectivity index is 2.88. The molecule has 0 unspecified atom stereocenters. The summed E-state index contributed by atoms with van der Waals surface area (Å²) in [7, 11) is 1.37. The molecule has 2 aromatic heterocycles. The minimum absolute atomic E-state index is 0.370. The number of ether oxygens (including phenoxy) is 1. The minimum Gasteiger partial charge on any atom is -0.464 e. The van der Waals surface area contributed by atoms with Crippen LogP contribution < -0.4 is 0 Å². The van der Waals surface area contributed by atoms with Crippen molar-refractivity contribution in [2.24, 2.45) is 0 Å². The lowest BCUT2D eigenvalue weighted by molar-refractivity contribution is 0.0592. The van der Waals surface area contributed by atoms with E-state index in [4.69, 9.17) is 4.74 Å². The largest absolute Gasteiger partial charge is 0.464 e. The Morgan fingerprint density at radius 1 is 1.35 bits per heavy atom. The average molecular weight is 297 g/mol. The molecule has 0 radical (unpaired) electrons. The summed E-state index contributed by atoms with van der Waals surface area (Å²) >= 11 is 3.48. The molecule has 0 bridgehead atoms. The van der Waals surface area contributed by atoms with Crippen LogP contribution in [0.2, 0.25) is 0 Å². The Bertz CT molecular complexity index is 617. The summed E-state index contributed by atoms with van der Waals surface area (Å²) in [5.74, 6) is -0.370. The molecule has 0 aromatic carbocycles. The molecule has 0 fully saturated rings. The van der Waals surface area contributed by atoms with Crippen molar-refractivity contribution >= 4 is 27.5 Å². The smallest absolute Gasteiger partial charge is 0.356 e. The Morgan fingerprint density at radius 3 is 2.59 bits per heavy atom. The van der Waals surface area contributed by atoms with Gasteiger partial charge in [0.05, 0.1) is 12.8 Å². The maximum absolute atomic E-state index is 11.7. The van der Waals surface area contributed by atoms with Crippen molar-refractivity contribution in [3.63, 3.8) is 0 Å². The molecule has 2 rings (SSSR count). The maximum Gasteiger partial charge on any atom is 0.356 e. The summed E-state index contributed by atoms with van der Waals surface area (Å²) in [4.78, 5) is 16.1. The Hall–Kier alpha value is -1.36. The molecule has 4 nitrogen and oxygen atoms in total. The molecule has 0 spiro atoms. The van der Waals surface area contributed by atoms with Gasteiger partial charge in [-0.25, -0.2) is 9.78 Å². The van der Waals surface area contributed by atoms with Crippen molar-refractivity contribution in [3.05, 3.63) is 33.2 Å². The van der Waals surface area contributed by atoms with Gasteiger partial charge in [0.15, 0.2) is 5.69 Å². The molecule has 0 aliphatic rings. The first-order valence-corrected chi connectivity index (χ1v) is 5.99. The Labute approximate surface area is 108 Å². The van der Waals surface area contributed by atoms with Crippen molar-refractivity contribution in [1.29, 1.82) is 0 Å². The monoisotopic (exact) mass is 296 g/mol. The van der Waals surface area contributed by atoms with E-state index in [0.29, 0.717) is 11.4 Å². The number of rotatable bonds is 1. The molecule has 90 valence electrons. The summed E-state index contributed by atoms with van der Waals surface area (Å²) in [6.07, 6.45) is 1.85. The second kappa shape index (κ2) is 4.14. The summed E-state index contributed by atoms with van der Waals surface area (Å²) in [5, 5.41) is 0. The normalized spacial score (nSPS) is 10.9. The summed E-state index contributed by atoms with van der Waals surface area (Å²) in [5.41, 5.74) is 4.13. The van der Waals surface area contributed by atoms with E-state index >= 15 is 0 Å². The first kappa shape index (κ1) is 12.1. The van der Waals surface area contributed by atoms with Gasteiger partial charge in [-0.3, -0.25) is 4.40 Å². The summed E-state index contributed by atoms with van der Waals surface area (Å²) in [6, 6.07) is 0. The summed E-state index contributed by atoms with van der Waals surface area (Å²) in [6.45, 7) is 5.81. The van der Waals surface area contributed by atoms with E-state index in [9.17, 15) is 4.79 Å². The van der Waals surface area contributed by atoms with E-state index in [1.54, 1.807) is 4.40 Å². The van der Waals surface area contributed by atoms with Crippen molar-refractivity contribution in [2.45, 2.75) is 20.8 Å². The quantitative estimate of drug-likeness (QED) is 0.760. The molecule has 2 aromatic rings. The highest BCUT2D eigenvalue weighted by Gasteiger charge is 2.19. The highest BCUT2D eigenvalue weighted by atomic mass is 79.9. The maximum atomic E-state index is 11.7. The first-order valence-electron chi connectivity index (χ1n) is 5.20. The second-order valence-electron chi connectivity index (χ2n) is 3.96. The number of methoxy groups -OCH3 is 1. The number of carbonyl (C=O) groups excluding carboxylic acids is 1. The zero-order valence-electron chi connectivity index (χ0n) is 10.2. The van der Waals surface area contributed by atoms with Gasteiger partial charge in [0, 0.05) is 10.7 Å². The number of pyridine rings is 1. The molecule has 0 saturated heterocycles. The lowest BCUT2D eigenvalue weighted by Crippen LogP contribution is -2.07. The number of carbonyl (C=O) groups is 1. The van der Waals surface area contributed by atoms with Gasteiger partial charge in [-0.15, -0.1) is 0 Å². The van der Waals surface area contributed by atoms with Gasteiger partial charge in [-0.05, 0) is 47.8 Å². The van der Waals surface area contributed by atoms with Gasteiger partial charge in [0.1, 0.15) is 5.65 Å². The van der Waals surface area contributed by atoms with E-state index in [0.717, 1.165) is 21.2 Å². The van der Waals surface area contributed by atoms with Crippen LogP contribution in [0.1, 0.15) is 27.3 Å². The number of hydrogen-bond acceptors (Lipinski definition) is 3. The number of nitrogens with zero attached hydrogens (tertiary/aromatic N) is 2. The molecule has 0 N–H and O–H groups in total. The molecule has 17 heavy (non-hydrogen) atoms. The fraction of sp³-hybridized carbons (Fsp3) is 0.333.